The van der Waals surface area contributed by atoms with E-state index >= 15 is 0 Å². The van der Waals surface area contributed by atoms with Gasteiger partial charge in [0.25, 0.3) is 5.91 Å². The van der Waals surface area contributed by atoms with Crippen LogP contribution in [0.25, 0.3) is 0 Å². The fraction of sp³-hybridized carbons (Fsp3) is 0.240. The number of nitrogens with zero attached hydrogens (tertiary/aromatic N) is 1. The molecule has 9 heteroatoms. The molecule has 1 amide bonds. The number of carbonyl (C=O) groups excluding carboxylic acids is 1. The second-order valence-electron chi connectivity index (χ2n) is 7.43. The molecule has 3 rings (SSSR count). The van der Waals surface area contributed by atoms with Gasteiger partial charge in [-0.25, -0.2) is 4.98 Å². The van der Waals surface area contributed by atoms with Crippen molar-refractivity contribution in [1.29, 1.82) is 0 Å². The number of nitrogens with one attached hydrogen (secondary N) is 1. The first-order valence-electron chi connectivity index (χ1n) is 10.7. The molecule has 34 heavy (non-hydrogen) atoms. The van der Waals surface area contributed by atoms with Crippen LogP contribution in [-0.4, -0.2) is 28.6 Å². The average Bonchev–Trinajstić information content (AvgIpc) is 2.82. The first-order chi connectivity index (χ1) is 16.3. The van der Waals surface area contributed by atoms with E-state index in [1.54, 1.807) is 36.4 Å². The second-order valence-corrected chi connectivity index (χ2v) is 8.25. The molecule has 0 aliphatic heterocycles. The predicted octanol–water partition coefficient (Wildman–Crippen LogP) is 6.49. The van der Waals surface area contributed by atoms with Gasteiger partial charge in [0.1, 0.15) is 0 Å². The van der Waals surface area contributed by atoms with Gasteiger partial charge in [0.2, 0.25) is 5.88 Å². The highest BCUT2D eigenvalue weighted by Crippen LogP contribution is 2.33. The molecule has 3 aromatic rings. The highest BCUT2D eigenvalue weighted by molar-refractivity contribution is 6.42. The quantitative estimate of drug-likeness (QED) is 0.329. The van der Waals surface area contributed by atoms with Crippen molar-refractivity contribution < 1.29 is 24.2 Å². The third-order valence-electron chi connectivity index (χ3n) is 5.02. The largest absolute Gasteiger partial charge is 0.490 e. The Hall–Kier alpha value is -3.29. The van der Waals surface area contributed by atoms with Crippen molar-refractivity contribution >= 4 is 40.8 Å². The molecule has 0 bridgehead atoms. The molecule has 0 saturated heterocycles. The number of ether oxygens (including phenoxy) is 2. The number of pyridine rings is 1. The summed E-state index contributed by atoms with van der Waals surface area (Å²) in [5.74, 6) is -0.382. The highest BCUT2D eigenvalue weighted by atomic mass is 35.5. The van der Waals surface area contributed by atoms with Gasteiger partial charge in [0, 0.05) is 11.6 Å². The van der Waals surface area contributed by atoms with Crippen molar-refractivity contribution in [3.05, 3.63) is 75.9 Å². The number of rotatable bonds is 10. The van der Waals surface area contributed by atoms with Crippen LogP contribution in [0.5, 0.6) is 17.4 Å². The summed E-state index contributed by atoms with van der Waals surface area (Å²) in [6, 6.07) is 13.2. The van der Waals surface area contributed by atoms with Crippen LogP contribution in [0.3, 0.4) is 0 Å². The van der Waals surface area contributed by atoms with Gasteiger partial charge in [0.05, 0.1) is 34.5 Å². The van der Waals surface area contributed by atoms with E-state index in [4.69, 9.17) is 32.7 Å². The fourth-order valence-corrected chi connectivity index (χ4v) is 3.49. The van der Waals surface area contributed by atoms with Gasteiger partial charge >= 0.3 is 5.97 Å². The van der Waals surface area contributed by atoms with Crippen molar-refractivity contribution in [3.63, 3.8) is 0 Å². The highest BCUT2D eigenvalue weighted by Gasteiger charge is 2.17. The molecule has 1 heterocycles. The summed E-state index contributed by atoms with van der Waals surface area (Å²) in [5, 5.41) is 12.7. The topological polar surface area (TPSA) is 97.8 Å². The number of benzene rings is 2. The molecule has 1 atom stereocenters. The summed E-state index contributed by atoms with van der Waals surface area (Å²) in [7, 11) is 0. The monoisotopic (exact) mass is 502 g/mol. The number of carbonyl (C=O) groups is 2. The number of aliphatic carboxylic acids is 1. The van der Waals surface area contributed by atoms with Gasteiger partial charge in [-0.2, -0.15) is 0 Å². The van der Waals surface area contributed by atoms with E-state index in [-0.39, 0.29) is 5.91 Å². The van der Waals surface area contributed by atoms with E-state index in [0.29, 0.717) is 58.1 Å². The predicted molar refractivity (Wildman–Crippen MR) is 131 cm³/mol. The maximum Gasteiger partial charge on any atom is 0.306 e. The number of aromatic nitrogens is 1. The standard InChI is InChI=1S/C25H24Cl2N2O5/c1-3-16(25(31)32)11-15-5-9-21(22(12-15)33-4-2)34-23-10-7-18(14-28-23)29-24(30)17-6-8-19(26)20(27)13-17/h5-10,12-14,16H,3-4,11H2,1-2H3,(H,29,30)(H,31,32). The van der Waals surface area contributed by atoms with Crippen LogP contribution in [0.4, 0.5) is 5.69 Å². The van der Waals surface area contributed by atoms with Crippen molar-refractivity contribution in [1.82, 2.24) is 4.98 Å². The number of hydrogen-bond acceptors (Lipinski definition) is 5. The first-order valence-corrected chi connectivity index (χ1v) is 11.4. The number of amides is 1. The van der Waals surface area contributed by atoms with Crippen LogP contribution in [0, 0.1) is 5.92 Å². The zero-order valence-corrected chi connectivity index (χ0v) is 20.2. The molecule has 1 unspecified atom stereocenters. The van der Waals surface area contributed by atoms with Crippen LogP contribution < -0.4 is 14.8 Å². The van der Waals surface area contributed by atoms with Crippen molar-refractivity contribution in [2.75, 3.05) is 11.9 Å². The lowest BCUT2D eigenvalue weighted by Crippen LogP contribution is -2.15. The SMILES string of the molecule is CCOc1cc(CC(CC)C(=O)O)ccc1Oc1ccc(NC(=O)c2ccc(Cl)c(Cl)c2)cn1. The molecule has 0 spiro atoms. The molecule has 2 N–H and O–H groups in total. The molecule has 7 nitrogen and oxygen atoms in total. The number of carboxylic acid groups (broad SMARTS) is 1. The lowest BCUT2D eigenvalue weighted by molar-refractivity contribution is -0.141. The van der Waals surface area contributed by atoms with E-state index in [1.165, 1.54) is 12.3 Å². The molecule has 0 aliphatic carbocycles. The van der Waals surface area contributed by atoms with E-state index in [1.807, 2.05) is 19.9 Å². The average molecular weight is 503 g/mol. The van der Waals surface area contributed by atoms with Crippen molar-refractivity contribution in [2.45, 2.75) is 26.7 Å². The number of anilines is 1. The molecule has 1 aromatic heterocycles. The minimum Gasteiger partial charge on any atom is -0.490 e. The molecule has 2 aromatic carbocycles. The number of halogens is 2. The van der Waals surface area contributed by atoms with Gasteiger partial charge in [-0.15, -0.1) is 0 Å². The van der Waals surface area contributed by atoms with E-state index in [2.05, 4.69) is 10.3 Å². The zero-order chi connectivity index (χ0) is 24.7. The maximum atomic E-state index is 12.4. The lowest BCUT2D eigenvalue weighted by Gasteiger charge is -2.15. The minimum absolute atomic E-state index is 0.292. The van der Waals surface area contributed by atoms with Gasteiger partial charge in [-0.05, 0) is 61.7 Å². The lowest BCUT2D eigenvalue weighted by atomic mass is 9.97. The second kappa shape index (κ2) is 11.7. The summed E-state index contributed by atoms with van der Waals surface area (Å²) < 4.78 is 11.6. The Kier molecular flexibility index (Phi) is 8.73. The van der Waals surface area contributed by atoms with Crippen molar-refractivity contribution in [3.8, 4) is 17.4 Å². The molecule has 0 radical (unpaired) electrons. The smallest absolute Gasteiger partial charge is 0.306 e. The fourth-order valence-electron chi connectivity index (χ4n) is 3.19. The van der Waals surface area contributed by atoms with E-state index in [0.717, 1.165) is 5.56 Å². The Labute approximate surface area is 207 Å². The summed E-state index contributed by atoms with van der Waals surface area (Å²) >= 11 is 11.9. The first kappa shape index (κ1) is 25.3. The van der Waals surface area contributed by atoms with Crippen LogP contribution in [0.2, 0.25) is 10.0 Å². The molecule has 0 saturated carbocycles. The Bertz CT molecular complexity index is 1170. The Balaban J connectivity index is 1.70. The Morgan fingerprint density at radius 1 is 1.03 bits per heavy atom. The van der Waals surface area contributed by atoms with Crippen LogP contribution in [-0.2, 0) is 11.2 Å². The Morgan fingerprint density at radius 2 is 1.82 bits per heavy atom. The molecular formula is C25H24Cl2N2O5. The third kappa shape index (κ3) is 6.62. The van der Waals surface area contributed by atoms with E-state index < -0.39 is 11.9 Å². The van der Waals surface area contributed by atoms with Gasteiger partial charge < -0.3 is 19.9 Å². The van der Waals surface area contributed by atoms with E-state index in [9.17, 15) is 14.7 Å². The van der Waals surface area contributed by atoms with Gasteiger partial charge in [0.15, 0.2) is 11.5 Å². The number of hydrogen-bond donors (Lipinski definition) is 2. The van der Waals surface area contributed by atoms with Crippen LogP contribution in [0.15, 0.2) is 54.7 Å². The van der Waals surface area contributed by atoms with Crippen molar-refractivity contribution in [2.24, 2.45) is 5.92 Å². The van der Waals surface area contributed by atoms with Gasteiger partial charge in [-0.1, -0.05) is 36.2 Å². The molecule has 0 fully saturated rings. The zero-order valence-electron chi connectivity index (χ0n) is 18.7. The summed E-state index contributed by atoms with van der Waals surface area (Å²) in [5.41, 5.74) is 1.69. The van der Waals surface area contributed by atoms with Crippen LogP contribution >= 0.6 is 23.2 Å². The maximum absolute atomic E-state index is 12.4. The third-order valence-corrected chi connectivity index (χ3v) is 5.76. The Morgan fingerprint density at radius 3 is 2.44 bits per heavy atom. The summed E-state index contributed by atoms with van der Waals surface area (Å²) in [6.45, 7) is 4.12. The number of carboxylic acids is 1. The molecule has 0 aliphatic rings. The molecule has 178 valence electrons. The van der Waals surface area contributed by atoms with Crippen LogP contribution in [0.1, 0.15) is 36.2 Å². The molecular weight excluding hydrogens is 479 g/mol. The minimum atomic E-state index is -0.823. The summed E-state index contributed by atoms with van der Waals surface area (Å²) in [6.07, 6.45) is 2.41. The van der Waals surface area contributed by atoms with Gasteiger partial charge in [-0.3, -0.25) is 9.59 Å². The summed E-state index contributed by atoms with van der Waals surface area (Å²) in [4.78, 5) is 28.0. The normalized spacial score (nSPS) is 11.5.